The lowest BCUT2D eigenvalue weighted by atomic mass is 10.1. The lowest BCUT2D eigenvalue weighted by molar-refractivity contribution is -0.385. The summed E-state index contributed by atoms with van der Waals surface area (Å²) in [5, 5.41) is 10.7. The molecule has 0 N–H and O–H groups in total. The number of benzene rings is 2. The molecule has 2 amide bonds. The summed E-state index contributed by atoms with van der Waals surface area (Å²) >= 11 is 0.791. The van der Waals surface area contributed by atoms with Crippen LogP contribution in [0.3, 0.4) is 0 Å². The van der Waals surface area contributed by atoms with Gasteiger partial charge in [-0.25, -0.2) is 0 Å². The minimum atomic E-state index is -0.532. The fourth-order valence-corrected chi connectivity index (χ4v) is 3.77. The van der Waals surface area contributed by atoms with Gasteiger partial charge in [-0.2, -0.15) is 0 Å². The van der Waals surface area contributed by atoms with Gasteiger partial charge in [-0.3, -0.25) is 24.6 Å². The first kappa shape index (κ1) is 22.1. The van der Waals surface area contributed by atoms with Crippen molar-refractivity contribution < 1.29 is 24.0 Å². The van der Waals surface area contributed by atoms with Crippen LogP contribution in [0, 0.1) is 10.1 Å². The number of hydrogen-bond acceptors (Lipinski definition) is 7. The van der Waals surface area contributed by atoms with Gasteiger partial charge in [0.15, 0.2) is 11.5 Å². The Hall–Kier alpha value is -3.59. The average Bonchev–Trinajstić information content (AvgIpc) is 3.01. The third kappa shape index (κ3) is 5.13. The number of hydrogen-bond donors (Lipinski definition) is 0. The maximum absolute atomic E-state index is 12.8. The molecule has 3 rings (SSSR count). The van der Waals surface area contributed by atoms with Crippen LogP contribution in [0.2, 0.25) is 0 Å². The van der Waals surface area contributed by atoms with Crippen LogP contribution in [0.15, 0.2) is 60.0 Å². The highest BCUT2D eigenvalue weighted by molar-refractivity contribution is 8.18. The molecule has 8 nitrogen and oxygen atoms in total. The number of amides is 2. The molecule has 1 fully saturated rings. The molecule has 2 aromatic rings. The molecule has 160 valence electrons. The topological polar surface area (TPSA) is 99.0 Å². The highest BCUT2D eigenvalue weighted by Gasteiger charge is 2.36. The molecular weight excluding hydrogens is 420 g/mol. The molecular formula is C22H20N2O6S. The smallest absolute Gasteiger partial charge is 0.293 e. The number of imide groups is 1. The number of nitro benzene ring substituents is 1. The molecule has 0 spiro atoms. The lowest BCUT2D eigenvalue weighted by Gasteiger charge is -2.12. The van der Waals surface area contributed by atoms with E-state index in [9.17, 15) is 19.7 Å². The Kier molecular flexibility index (Phi) is 7.09. The van der Waals surface area contributed by atoms with Gasteiger partial charge in [0.05, 0.1) is 23.0 Å². The number of rotatable bonds is 9. The van der Waals surface area contributed by atoms with Crippen molar-refractivity contribution in [3.05, 3.63) is 81.3 Å². The zero-order chi connectivity index (χ0) is 22.4. The van der Waals surface area contributed by atoms with Crippen molar-refractivity contribution in [3.63, 3.8) is 0 Å². The maximum atomic E-state index is 12.8. The number of carbonyl (C=O) groups is 2. The highest BCUT2D eigenvalue weighted by Crippen LogP contribution is 2.36. The first-order chi connectivity index (χ1) is 14.9. The van der Waals surface area contributed by atoms with Gasteiger partial charge in [-0.1, -0.05) is 36.9 Å². The Morgan fingerprint density at radius 2 is 1.94 bits per heavy atom. The summed E-state index contributed by atoms with van der Waals surface area (Å²) < 4.78 is 11.2. The zero-order valence-electron chi connectivity index (χ0n) is 16.8. The van der Waals surface area contributed by atoms with E-state index in [2.05, 4.69) is 6.58 Å². The molecule has 0 aliphatic carbocycles. The average molecular weight is 440 g/mol. The maximum Gasteiger partial charge on any atom is 0.293 e. The number of carbonyl (C=O) groups excluding carboxylic acids is 2. The monoisotopic (exact) mass is 440 g/mol. The first-order valence-electron chi connectivity index (χ1n) is 9.42. The third-order valence-corrected chi connectivity index (χ3v) is 5.22. The van der Waals surface area contributed by atoms with E-state index in [0.29, 0.717) is 35.8 Å². The van der Waals surface area contributed by atoms with Gasteiger partial charge in [0.25, 0.3) is 16.8 Å². The fraction of sp³-hybridized carbons (Fsp3) is 0.182. The number of para-hydroxylation sites is 1. The largest absolute Gasteiger partial charge is 0.490 e. The van der Waals surface area contributed by atoms with E-state index < -0.39 is 16.1 Å². The van der Waals surface area contributed by atoms with Crippen molar-refractivity contribution in [2.75, 3.05) is 13.2 Å². The summed E-state index contributed by atoms with van der Waals surface area (Å²) in [6.07, 6.45) is 3.21. The third-order valence-electron chi connectivity index (χ3n) is 4.31. The first-order valence-corrected chi connectivity index (χ1v) is 10.2. The normalized spacial score (nSPS) is 14.7. The van der Waals surface area contributed by atoms with Gasteiger partial charge in [0, 0.05) is 11.6 Å². The molecule has 1 heterocycles. The molecule has 1 aliphatic heterocycles. The summed E-state index contributed by atoms with van der Waals surface area (Å²) in [6.45, 7) is 6.05. The summed E-state index contributed by atoms with van der Waals surface area (Å²) in [7, 11) is 0. The van der Waals surface area contributed by atoms with E-state index >= 15 is 0 Å². The quantitative estimate of drug-likeness (QED) is 0.239. The number of ether oxygens (including phenoxy) is 2. The molecule has 0 atom stereocenters. The molecule has 0 bridgehead atoms. The number of thioether (sulfide) groups is 1. The molecule has 31 heavy (non-hydrogen) atoms. The van der Waals surface area contributed by atoms with Gasteiger partial charge < -0.3 is 9.47 Å². The standard InChI is InChI=1S/C22H20N2O6S/c1-3-11-30-18-10-9-15(12-19(18)29-4-2)13-20-21(25)23(22(26)31-20)14-16-7-5-6-8-17(16)24(27)28/h3,5-10,12-13H,1,4,11,14H2,2H3/b20-13-. The minimum Gasteiger partial charge on any atom is -0.490 e. The van der Waals surface area contributed by atoms with Crippen LogP contribution in [0.5, 0.6) is 11.5 Å². The molecule has 0 aromatic heterocycles. The van der Waals surface area contributed by atoms with Crippen LogP contribution >= 0.6 is 11.8 Å². The van der Waals surface area contributed by atoms with Crippen LogP contribution in [0.1, 0.15) is 18.1 Å². The summed E-state index contributed by atoms with van der Waals surface area (Å²) in [4.78, 5) is 37.1. The molecule has 1 aliphatic rings. The summed E-state index contributed by atoms with van der Waals surface area (Å²) in [6, 6.07) is 11.2. The van der Waals surface area contributed by atoms with Crippen molar-refractivity contribution in [2.24, 2.45) is 0 Å². The van der Waals surface area contributed by atoms with Crippen molar-refractivity contribution >= 4 is 34.7 Å². The molecule has 9 heteroatoms. The van der Waals surface area contributed by atoms with Crippen molar-refractivity contribution in [1.29, 1.82) is 0 Å². The van der Waals surface area contributed by atoms with Crippen LogP contribution in [0.4, 0.5) is 10.5 Å². The van der Waals surface area contributed by atoms with E-state index in [0.717, 1.165) is 16.7 Å². The van der Waals surface area contributed by atoms with Gasteiger partial charge in [-0.05, 0) is 42.5 Å². The van der Waals surface area contributed by atoms with Gasteiger partial charge in [0.2, 0.25) is 0 Å². The van der Waals surface area contributed by atoms with Crippen molar-refractivity contribution in [3.8, 4) is 11.5 Å². The predicted octanol–water partition coefficient (Wildman–Crippen LogP) is 4.79. The molecule has 0 saturated carbocycles. The van der Waals surface area contributed by atoms with Crippen molar-refractivity contribution in [1.82, 2.24) is 4.90 Å². The predicted molar refractivity (Wildman–Crippen MR) is 118 cm³/mol. The van der Waals surface area contributed by atoms with Crippen LogP contribution in [0.25, 0.3) is 6.08 Å². The highest BCUT2D eigenvalue weighted by atomic mass is 32.2. The van der Waals surface area contributed by atoms with E-state index in [1.807, 2.05) is 6.92 Å². The zero-order valence-corrected chi connectivity index (χ0v) is 17.6. The Labute approximate surface area is 183 Å². The second kappa shape index (κ2) is 9.94. The van der Waals surface area contributed by atoms with E-state index in [1.165, 1.54) is 18.2 Å². The van der Waals surface area contributed by atoms with E-state index in [-0.39, 0.29) is 17.1 Å². The second-order valence-electron chi connectivity index (χ2n) is 6.39. The lowest BCUT2D eigenvalue weighted by Crippen LogP contribution is -2.27. The minimum absolute atomic E-state index is 0.137. The van der Waals surface area contributed by atoms with Crippen molar-refractivity contribution in [2.45, 2.75) is 13.5 Å². The Morgan fingerprint density at radius 3 is 2.65 bits per heavy atom. The Balaban J connectivity index is 1.84. The molecule has 1 saturated heterocycles. The SMILES string of the molecule is C=CCOc1ccc(/C=C2\SC(=O)N(Cc3ccccc3[N+](=O)[O-])C2=O)cc1OCC. The van der Waals surface area contributed by atoms with Crippen LogP contribution in [-0.4, -0.2) is 34.2 Å². The van der Waals surface area contributed by atoms with Gasteiger partial charge in [-0.15, -0.1) is 0 Å². The van der Waals surface area contributed by atoms with Crippen LogP contribution in [-0.2, 0) is 11.3 Å². The Bertz CT molecular complexity index is 1070. The van der Waals surface area contributed by atoms with E-state index in [1.54, 1.807) is 36.4 Å². The summed E-state index contributed by atoms with van der Waals surface area (Å²) in [5.74, 6) is 0.554. The number of nitro groups is 1. The van der Waals surface area contributed by atoms with Gasteiger partial charge in [0.1, 0.15) is 6.61 Å². The van der Waals surface area contributed by atoms with E-state index in [4.69, 9.17) is 9.47 Å². The van der Waals surface area contributed by atoms with Gasteiger partial charge >= 0.3 is 0 Å². The van der Waals surface area contributed by atoms with Crippen LogP contribution < -0.4 is 9.47 Å². The fourth-order valence-electron chi connectivity index (χ4n) is 2.93. The second-order valence-corrected chi connectivity index (χ2v) is 7.39. The summed E-state index contributed by atoms with van der Waals surface area (Å²) in [5.41, 5.74) is 0.811. The molecule has 0 radical (unpaired) electrons. The number of nitrogens with zero attached hydrogens (tertiary/aromatic N) is 2. The molecule has 2 aromatic carbocycles. The Morgan fingerprint density at radius 1 is 1.16 bits per heavy atom. The molecule has 0 unspecified atom stereocenters.